The van der Waals surface area contributed by atoms with Crippen LogP contribution in [-0.2, 0) is 32.9 Å². The maximum absolute atomic E-state index is 14.6. The Hall–Kier alpha value is -3.06. The Labute approximate surface area is 244 Å². The second-order valence-electron chi connectivity index (χ2n) is 10.5. The number of carbonyl (C=O) groups is 2. The molecule has 0 saturated carbocycles. The first kappa shape index (κ1) is 34.4. The molecule has 0 amide bonds. The van der Waals surface area contributed by atoms with E-state index in [1.807, 2.05) is 0 Å². The Morgan fingerprint density at radius 3 is 2.16 bits per heavy atom. The second kappa shape index (κ2) is 13.3. The van der Waals surface area contributed by atoms with E-state index < -0.39 is 86.5 Å². The molecular formula is C23H36F2N7O10P. The summed E-state index contributed by atoms with van der Waals surface area (Å²) >= 11 is 0. The number of alkyl halides is 2. The molecule has 3 rings (SSSR count). The Morgan fingerprint density at radius 1 is 1.14 bits per heavy atom. The molecule has 242 valence electrons. The Balaban J connectivity index is 1.94. The van der Waals surface area contributed by atoms with Crippen LogP contribution in [0.15, 0.2) is 11.1 Å². The number of carbonyl (C=O) groups excluding carboxylic acids is 2. The van der Waals surface area contributed by atoms with Crippen molar-refractivity contribution in [1.29, 1.82) is 0 Å². The molecule has 1 saturated heterocycles. The van der Waals surface area contributed by atoms with Crippen molar-refractivity contribution >= 4 is 36.7 Å². The highest BCUT2D eigenvalue weighted by Gasteiger charge is 2.61. The SMILES string of the molecule is CC(C)OC(=O)[C@H](C)NP(=O)(N[C@@H](C)C(=O)OC(C)C)OC[C@@]1(C(F)F)O[C@@H](n2cnc3c(=O)[nH]c(N)nc32)[C@@H](O)[C@@H]1O. The summed E-state index contributed by atoms with van der Waals surface area (Å²) in [7, 11) is -4.64. The standard InChI is InChI=1S/C23H36F2N7O10P/c1-9(2)40-19(36)11(5)30-43(38,31-12(6)20(37)41-10(3)4)39-7-23(21(24)25)15(34)14(33)18(42-23)32-8-27-13-16(32)28-22(26)29-17(13)35/h8-12,14-15,18,21,33-34H,7H2,1-6H3,(H2,30,31,38)(H3,26,28,29,35)/t11-,12-,14-,15-,18+,23+/m0/s1. The maximum Gasteiger partial charge on any atom is 0.342 e. The third kappa shape index (κ3) is 7.54. The van der Waals surface area contributed by atoms with Gasteiger partial charge in [0.15, 0.2) is 23.0 Å². The van der Waals surface area contributed by atoms with Crippen molar-refractivity contribution in [3.05, 3.63) is 16.7 Å². The Kier molecular flexibility index (Phi) is 10.6. The lowest BCUT2D eigenvalue weighted by Gasteiger charge is -2.33. The van der Waals surface area contributed by atoms with Gasteiger partial charge in [0.2, 0.25) is 5.95 Å². The average molecular weight is 640 g/mol. The third-order valence-corrected chi connectivity index (χ3v) is 8.11. The van der Waals surface area contributed by atoms with Gasteiger partial charge < -0.3 is 34.7 Å². The summed E-state index contributed by atoms with van der Waals surface area (Å²) in [5.41, 5.74) is 1.30. The van der Waals surface area contributed by atoms with Crippen molar-refractivity contribution in [2.75, 3.05) is 12.3 Å². The topological polar surface area (TPSA) is 242 Å². The quantitative estimate of drug-likeness (QED) is 0.124. The number of hydrogen-bond acceptors (Lipinski definition) is 13. The number of hydrogen-bond donors (Lipinski definition) is 6. The van der Waals surface area contributed by atoms with Crippen molar-refractivity contribution < 1.29 is 51.9 Å². The minimum absolute atomic E-state index is 0.243. The molecule has 2 aromatic heterocycles. The fourth-order valence-corrected chi connectivity index (χ4v) is 5.95. The van der Waals surface area contributed by atoms with Crippen LogP contribution < -0.4 is 21.5 Å². The van der Waals surface area contributed by atoms with Crippen LogP contribution >= 0.6 is 7.67 Å². The van der Waals surface area contributed by atoms with E-state index in [-0.39, 0.29) is 17.1 Å². The van der Waals surface area contributed by atoms with Crippen LogP contribution in [0.4, 0.5) is 14.7 Å². The molecule has 0 radical (unpaired) electrons. The van der Waals surface area contributed by atoms with Gasteiger partial charge in [-0.15, -0.1) is 0 Å². The first-order valence-electron chi connectivity index (χ1n) is 13.2. The summed E-state index contributed by atoms with van der Waals surface area (Å²) < 4.78 is 65.1. The highest BCUT2D eigenvalue weighted by molar-refractivity contribution is 7.54. The Morgan fingerprint density at radius 2 is 1.67 bits per heavy atom. The molecule has 43 heavy (non-hydrogen) atoms. The number of imidazole rings is 1. The number of fused-ring (bicyclic) bond motifs is 1. The molecule has 1 fully saturated rings. The van der Waals surface area contributed by atoms with Crippen LogP contribution in [0.1, 0.15) is 47.8 Å². The van der Waals surface area contributed by atoms with E-state index in [1.54, 1.807) is 27.7 Å². The fraction of sp³-hybridized carbons (Fsp3) is 0.696. The molecule has 0 spiro atoms. The molecule has 0 bridgehead atoms. The molecule has 0 unspecified atom stereocenters. The number of nitrogens with zero attached hydrogens (tertiary/aromatic N) is 3. The summed E-state index contributed by atoms with van der Waals surface area (Å²) in [6, 6.07) is -2.67. The number of esters is 2. The molecular weight excluding hydrogens is 603 g/mol. The van der Waals surface area contributed by atoms with Crippen LogP contribution in [0.2, 0.25) is 0 Å². The summed E-state index contributed by atoms with van der Waals surface area (Å²) in [6.07, 6.45) is -9.89. The minimum atomic E-state index is -4.64. The monoisotopic (exact) mass is 639 g/mol. The molecule has 0 aliphatic carbocycles. The van der Waals surface area contributed by atoms with Crippen molar-refractivity contribution in [3.8, 4) is 0 Å². The number of H-pyrrole nitrogens is 1. The number of anilines is 1. The van der Waals surface area contributed by atoms with E-state index >= 15 is 0 Å². The normalized spacial score (nSPS) is 24.2. The Bertz CT molecular complexity index is 1390. The number of rotatable bonds is 13. The number of aliphatic hydroxyl groups excluding tert-OH is 2. The number of nitrogens with one attached hydrogen (secondary N) is 3. The van der Waals surface area contributed by atoms with E-state index in [0.717, 1.165) is 10.9 Å². The molecule has 0 aromatic carbocycles. The van der Waals surface area contributed by atoms with E-state index in [9.17, 15) is 37.9 Å². The number of aromatic nitrogens is 4. The van der Waals surface area contributed by atoms with Crippen molar-refractivity contribution in [3.63, 3.8) is 0 Å². The van der Waals surface area contributed by atoms with Gasteiger partial charge in [0.25, 0.3) is 12.0 Å². The van der Waals surface area contributed by atoms with Gasteiger partial charge in [-0.3, -0.25) is 28.5 Å². The molecule has 1 aliphatic rings. The summed E-state index contributed by atoms with van der Waals surface area (Å²) in [4.78, 5) is 46.9. The minimum Gasteiger partial charge on any atom is -0.462 e. The predicted molar refractivity (Wildman–Crippen MR) is 145 cm³/mol. The molecule has 1 aliphatic heterocycles. The number of aromatic amines is 1. The van der Waals surface area contributed by atoms with Crippen LogP contribution in [0.5, 0.6) is 0 Å². The number of ether oxygens (including phenoxy) is 3. The third-order valence-electron chi connectivity index (χ3n) is 6.16. The summed E-state index contributed by atoms with van der Waals surface area (Å²) in [6.45, 7) is 7.45. The van der Waals surface area contributed by atoms with Gasteiger partial charge >= 0.3 is 19.6 Å². The first-order chi connectivity index (χ1) is 19.9. The van der Waals surface area contributed by atoms with Gasteiger partial charge in [-0.1, -0.05) is 0 Å². The first-order valence-corrected chi connectivity index (χ1v) is 14.8. The molecule has 6 atom stereocenters. The maximum atomic E-state index is 14.6. The van der Waals surface area contributed by atoms with Gasteiger partial charge in [0.05, 0.1) is 25.1 Å². The number of nitrogens with two attached hydrogens (primary N) is 1. The van der Waals surface area contributed by atoms with Gasteiger partial charge in [-0.05, 0) is 41.5 Å². The lowest BCUT2D eigenvalue weighted by Crippen LogP contribution is -2.53. The second-order valence-corrected chi connectivity index (χ2v) is 12.4. The largest absolute Gasteiger partial charge is 0.462 e. The van der Waals surface area contributed by atoms with Crippen LogP contribution in [0, 0.1) is 0 Å². The predicted octanol–water partition coefficient (Wildman–Crippen LogP) is -0.0596. The van der Waals surface area contributed by atoms with Crippen LogP contribution in [-0.4, -0.2) is 96.8 Å². The lowest BCUT2D eigenvalue weighted by atomic mass is 9.96. The molecule has 2 aromatic rings. The molecule has 7 N–H and O–H groups in total. The van der Waals surface area contributed by atoms with E-state index in [4.69, 9.17) is 24.5 Å². The smallest absolute Gasteiger partial charge is 0.342 e. The van der Waals surface area contributed by atoms with E-state index in [2.05, 4.69) is 25.1 Å². The number of halogens is 2. The van der Waals surface area contributed by atoms with Gasteiger partial charge in [0, 0.05) is 0 Å². The summed E-state index contributed by atoms with van der Waals surface area (Å²) in [5, 5.41) is 26.2. The zero-order valence-electron chi connectivity index (χ0n) is 24.2. The number of nitrogen functional groups attached to an aromatic ring is 1. The zero-order chi connectivity index (χ0) is 32.4. The van der Waals surface area contributed by atoms with Crippen LogP contribution in [0.3, 0.4) is 0 Å². The van der Waals surface area contributed by atoms with E-state index in [1.165, 1.54) is 13.8 Å². The van der Waals surface area contributed by atoms with Gasteiger partial charge in [0.1, 0.15) is 24.3 Å². The fourth-order valence-electron chi connectivity index (χ4n) is 4.11. The van der Waals surface area contributed by atoms with Gasteiger partial charge in [-0.2, -0.15) is 4.98 Å². The molecule has 20 heteroatoms. The van der Waals surface area contributed by atoms with E-state index in [0.29, 0.717) is 0 Å². The average Bonchev–Trinajstić information content (AvgIpc) is 3.41. The zero-order valence-corrected chi connectivity index (χ0v) is 25.1. The van der Waals surface area contributed by atoms with Gasteiger partial charge in [-0.25, -0.2) is 23.9 Å². The lowest BCUT2D eigenvalue weighted by molar-refractivity contribution is -0.191. The number of aliphatic hydroxyl groups is 2. The highest BCUT2D eigenvalue weighted by atomic mass is 31.2. The van der Waals surface area contributed by atoms with Crippen molar-refractivity contribution in [2.24, 2.45) is 0 Å². The van der Waals surface area contributed by atoms with Crippen molar-refractivity contribution in [1.82, 2.24) is 29.7 Å². The summed E-state index contributed by atoms with van der Waals surface area (Å²) in [5.74, 6) is -2.09. The molecule has 17 nitrogen and oxygen atoms in total. The molecule has 3 heterocycles. The van der Waals surface area contributed by atoms with Crippen molar-refractivity contribution in [2.45, 2.75) is 96.3 Å². The highest BCUT2D eigenvalue weighted by Crippen LogP contribution is 2.47. The van der Waals surface area contributed by atoms with Crippen LogP contribution in [0.25, 0.3) is 11.2 Å².